The maximum absolute atomic E-state index is 12.4. The molecule has 124 valence electrons. The van der Waals surface area contributed by atoms with Crippen LogP contribution < -0.4 is 5.32 Å². The number of nitro benzene ring substituents is 1. The van der Waals surface area contributed by atoms with Crippen LogP contribution >= 0.6 is 0 Å². The lowest BCUT2D eigenvalue weighted by molar-refractivity contribution is -0.384. The number of hydrogen-bond acceptors (Lipinski definition) is 5. The van der Waals surface area contributed by atoms with Crippen molar-refractivity contribution in [1.82, 2.24) is 9.88 Å². The second-order valence-electron chi connectivity index (χ2n) is 5.75. The molecule has 7 heteroatoms. The molecule has 7 nitrogen and oxygen atoms in total. The number of benzene rings is 1. The number of anilines is 1. The van der Waals surface area contributed by atoms with E-state index in [9.17, 15) is 14.9 Å². The highest BCUT2D eigenvalue weighted by molar-refractivity contribution is 5.94. The first-order valence-electron chi connectivity index (χ1n) is 7.84. The molecule has 0 aliphatic carbocycles. The number of hydrogen-bond donors (Lipinski definition) is 1. The first kappa shape index (κ1) is 15.9. The van der Waals surface area contributed by atoms with Crippen LogP contribution in [0.4, 0.5) is 11.4 Å². The van der Waals surface area contributed by atoms with E-state index in [2.05, 4.69) is 10.3 Å². The maximum Gasteiger partial charge on any atom is 0.269 e. The van der Waals surface area contributed by atoms with E-state index < -0.39 is 4.92 Å². The van der Waals surface area contributed by atoms with E-state index >= 15 is 0 Å². The molecule has 1 fully saturated rings. The zero-order chi connectivity index (χ0) is 16.9. The van der Waals surface area contributed by atoms with E-state index in [-0.39, 0.29) is 17.6 Å². The second-order valence-corrected chi connectivity index (χ2v) is 5.75. The van der Waals surface area contributed by atoms with Crippen LogP contribution in [-0.4, -0.2) is 39.8 Å². The summed E-state index contributed by atoms with van der Waals surface area (Å²) in [4.78, 5) is 28.4. The molecular formula is C17H18N4O3. The van der Waals surface area contributed by atoms with Crippen LogP contribution in [0.5, 0.6) is 0 Å². The standard InChI is InChI=1S/C17H18N4O3/c22-17(13-5-9-18-10-6-13)20-11-7-15(8-12-20)19-14-1-3-16(4-2-14)21(23)24/h1-6,9-10,15,19H,7-8,11-12H2. The maximum atomic E-state index is 12.4. The Morgan fingerprint density at radius 1 is 1.12 bits per heavy atom. The zero-order valence-electron chi connectivity index (χ0n) is 13.1. The van der Waals surface area contributed by atoms with Gasteiger partial charge < -0.3 is 10.2 Å². The summed E-state index contributed by atoms with van der Waals surface area (Å²) < 4.78 is 0. The fourth-order valence-corrected chi connectivity index (χ4v) is 2.82. The largest absolute Gasteiger partial charge is 0.382 e. The summed E-state index contributed by atoms with van der Waals surface area (Å²) >= 11 is 0. The Bertz CT molecular complexity index is 710. The highest BCUT2D eigenvalue weighted by Crippen LogP contribution is 2.20. The Hall–Kier alpha value is -2.96. The van der Waals surface area contributed by atoms with Gasteiger partial charge in [-0.2, -0.15) is 0 Å². The fourth-order valence-electron chi connectivity index (χ4n) is 2.82. The number of aromatic nitrogens is 1. The highest BCUT2D eigenvalue weighted by Gasteiger charge is 2.23. The molecule has 0 atom stereocenters. The fraction of sp³-hybridized carbons (Fsp3) is 0.294. The first-order valence-corrected chi connectivity index (χ1v) is 7.84. The van der Waals surface area contributed by atoms with E-state index in [1.165, 1.54) is 12.1 Å². The van der Waals surface area contributed by atoms with Gasteiger partial charge in [0.05, 0.1) is 4.92 Å². The van der Waals surface area contributed by atoms with Crippen LogP contribution in [0.25, 0.3) is 0 Å². The number of non-ortho nitro benzene ring substituents is 1. The molecule has 0 radical (unpaired) electrons. The van der Waals surface area contributed by atoms with E-state index in [0.717, 1.165) is 18.5 Å². The normalized spacial score (nSPS) is 15.1. The minimum atomic E-state index is -0.410. The van der Waals surface area contributed by atoms with Gasteiger partial charge in [0.2, 0.25) is 0 Å². The summed E-state index contributed by atoms with van der Waals surface area (Å²) in [6.07, 6.45) is 4.92. The van der Waals surface area contributed by atoms with E-state index in [0.29, 0.717) is 18.7 Å². The number of rotatable bonds is 4. The third-order valence-corrected chi connectivity index (χ3v) is 4.16. The van der Waals surface area contributed by atoms with Gasteiger partial charge in [-0.15, -0.1) is 0 Å². The first-order chi connectivity index (χ1) is 11.6. The molecule has 1 amide bonds. The lowest BCUT2D eigenvalue weighted by Gasteiger charge is -2.33. The van der Waals surface area contributed by atoms with Crippen molar-refractivity contribution < 1.29 is 9.72 Å². The van der Waals surface area contributed by atoms with Crippen LogP contribution in [0.2, 0.25) is 0 Å². The number of pyridine rings is 1. The van der Waals surface area contributed by atoms with Crippen molar-refractivity contribution >= 4 is 17.3 Å². The van der Waals surface area contributed by atoms with Crippen molar-refractivity contribution in [1.29, 1.82) is 0 Å². The molecule has 2 heterocycles. The Morgan fingerprint density at radius 2 is 1.75 bits per heavy atom. The number of amides is 1. The molecule has 2 aromatic rings. The molecule has 3 rings (SSSR count). The summed E-state index contributed by atoms with van der Waals surface area (Å²) in [5.74, 6) is 0.0335. The molecule has 1 saturated heterocycles. The molecule has 0 unspecified atom stereocenters. The average Bonchev–Trinajstić information content (AvgIpc) is 2.63. The van der Waals surface area contributed by atoms with E-state index in [1.54, 1.807) is 36.7 Å². The third-order valence-electron chi connectivity index (χ3n) is 4.16. The summed E-state index contributed by atoms with van der Waals surface area (Å²) in [7, 11) is 0. The molecule has 24 heavy (non-hydrogen) atoms. The van der Waals surface area contributed by atoms with Gasteiger partial charge in [-0.3, -0.25) is 19.9 Å². The highest BCUT2D eigenvalue weighted by atomic mass is 16.6. The van der Waals surface area contributed by atoms with Crippen molar-refractivity contribution in [2.75, 3.05) is 18.4 Å². The van der Waals surface area contributed by atoms with Gasteiger partial charge in [-0.25, -0.2) is 0 Å². The van der Waals surface area contributed by atoms with Crippen molar-refractivity contribution in [3.8, 4) is 0 Å². The summed E-state index contributed by atoms with van der Waals surface area (Å²) in [6.45, 7) is 1.37. The van der Waals surface area contributed by atoms with Gasteiger partial charge in [-0.1, -0.05) is 0 Å². The van der Waals surface area contributed by atoms with Crippen LogP contribution in [0, 0.1) is 10.1 Å². The minimum absolute atomic E-state index is 0.0335. The Labute approximate surface area is 139 Å². The topological polar surface area (TPSA) is 88.4 Å². The number of piperidine rings is 1. The molecule has 0 saturated carbocycles. The lowest BCUT2D eigenvalue weighted by Crippen LogP contribution is -2.42. The van der Waals surface area contributed by atoms with Crippen LogP contribution in [0.15, 0.2) is 48.8 Å². The number of nitro groups is 1. The molecule has 1 N–H and O–H groups in total. The SMILES string of the molecule is O=C(c1ccncc1)N1CCC(Nc2ccc([N+](=O)[O-])cc2)CC1. The lowest BCUT2D eigenvalue weighted by atomic mass is 10.0. The Balaban J connectivity index is 1.53. The van der Waals surface area contributed by atoms with Gasteiger partial charge in [0.1, 0.15) is 0 Å². The van der Waals surface area contributed by atoms with Crippen molar-refractivity contribution in [2.45, 2.75) is 18.9 Å². The molecule has 1 aromatic carbocycles. The van der Waals surface area contributed by atoms with E-state index in [1.807, 2.05) is 4.90 Å². The molecule has 0 spiro atoms. The van der Waals surface area contributed by atoms with Gasteiger partial charge in [0.15, 0.2) is 0 Å². The van der Waals surface area contributed by atoms with Gasteiger partial charge in [0, 0.05) is 54.9 Å². The van der Waals surface area contributed by atoms with Gasteiger partial charge in [-0.05, 0) is 37.1 Å². The second kappa shape index (κ2) is 7.08. The molecule has 0 bridgehead atoms. The molecular weight excluding hydrogens is 308 g/mol. The summed E-state index contributed by atoms with van der Waals surface area (Å²) in [5, 5.41) is 14.0. The Kier molecular flexibility index (Phi) is 4.69. The van der Waals surface area contributed by atoms with Crippen LogP contribution in [0.3, 0.4) is 0 Å². The monoisotopic (exact) mass is 326 g/mol. The van der Waals surface area contributed by atoms with Crippen molar-refractivity contribution in [3.05, 3.63) is 64.5 Å². The summed E-state index contributed by atoms with van der Waals surface area (Å²) in [6, 6.07) is 10.1. The zero-order valence-corrected chi connectivity index (χ0v) is 13.1. The van der Waals surface area contributed by atoms with Gasteiger partial charge in [0.25, 0.3) is 11.6 Å². The molecule has 1 aromatic heterocycles. The average molecular weight is 326 g/mol. The van der Waals surface area contributed by atoms with Crippen LogP contribution in [0.1, 0.15) is 23.2 Å². The summed E-state index contributed by atoms with van der Waals surface area (Å²) in [5.41, 5.74) is 1.60. The number of carbonyl (C=O) groups excluding carboxylic acids is 1. The van der Waals surface area contributed by atoms with Crippen LogP contribution in [-0.2, 0) is 0 Å². The molecule has 1 aliphatic rings. The minimum Gasteiger partial charge on any atom is -0.382 e. The number of carbonyl (C=O) groups is 1. The van der Waals surface area contributed by atoms with E-state index in [4.69, 9.17) is 0 Å². The van der Waals surface area contributed by atoms with Crippen molar-refractivity contribution in [2.24, 2.45) is 0 Å². The van der Waals surface area contributed by atoms with Crippen molar-refractivity contribution in [3.63, 3.8) is 0 Å². The predicted octanol–water partition coefficient (Wildman–Crippen LogP) is 2.71. The number of nitrogens with one attached hydrogen (secondary N) is 1. The number of likely N-dealkylation sites (tertiary alicyclic amines) is 1. The third kappa shape index (κ3) is 3.68. The smallest absolute Gasteiger partial charge is 0.269 e. The Morgan fingerprint density at radius 3 is 2.33 bits per heavy atom. The predicted molar refractivity (Wildman–Crippen MR) is 89.9 cm³/mol. The quantitative estimate of drug-likeness (QED) is 0.689. The van der Waals surface area contributed by atoms with Gasteiger partial charge >= 0.3 is 0 Å². The molecule has 1 aliphatic heterocycles. The number of nitrogens with zero attached hydrogens (tertiary/aromatic N) is 3.